The molecule has 1 amide bonds. The lowest BCUT2D eigenvalue weighted by Gasteiger charge is -2.13. The lowest BCUT2D eigenvalue weighted by atomic mass is 9.93. The average molecular weight is 312 g/mol. The Bertz CT molecular complexity index is 862. The SMILES string of the molecule is CC(C)(C)c1cn2nc(C(=O)Nc3ccc(F)cc3)ccc2n1. The molecule has 2 aromatic heterocycles. The molecule has 0 saturated carbocycles. The molecule has 23 heavy (non-hydrogen) atoms. The van der Waals surface area contributed by atoms with Crippen LogP contribution in [0.4, 0.5) is 10.1 Å². The number of rotatable bonds is 2. The summed E-state index contributed by atoms with van der Waals surface area (Å²) < 4.78 is 14.5. The van der Waals surface area contributed by atoms with Gasteiger partial charge in [-0.2, -0.15) is 5.10 Å². The maximum absolute atomic E-state index is 12.9. The number of aromatic nitrogens is 3. The predicted octanol–water partition coefficient (Wildman–Crippen LogP) is 3.42. The highest BCUT2D eigenvalue weighted by Gasteiger charge is 2.18. The normalized spacial score (nSPS) is 11.7. The van der Waals surface area contributed by atoms with Gasteiger partial charge in [0.25, 0.3) is 5.91 Å². The molecule has 1 aromatic carbocycles. The quantitative estimate of drug-likeness (QED) is 0.789. The summed E-state index contributed by atoms with van der Waals surface area (Å²) in [5.74, 6) is -0.708. The Morgan fingerprint density at radius 3 is 2.48 bits per heavy atom. The molecule has 0 aliphatic heterocycles. The number of hydrogen-bond acceptors (Lipinski definition) is 3. The van der Waals surface area contributed by atoms with Crippen LogP contribution >= 0.6 is 0 Å². The van der Waals surface area contributed by atoms with Crippen molar-refractivity contribution in [3.05, 3.63) is 59.8 Å². The molecule has 0 unspecified atom stereocenters. The third-order valence-electron chi connectivity index (χ3n) is 3.42. The summed E-state index contributed by atoms with van der Waals surface area (Å²) in [6.07, 6.45) is 1.82. The number of anilines is 1. The first-order valence-corrected chi connectivity index (χ1v) is 7.27. The van der Waals surface area contributed by atoms with Crippen LogP contribution in [-0.2, 0) is 5.41 Å². The third kappa shape index (κ3) is 3.21. The topological polar surface area (TPSA) is 59.3 Å². The third-order valence-corrected chi connectivity index (χ3v) is 3.42. The number of hydrogen-bond donors (Lipinski definition) is 1. The van der Waals surface area contributed by atoms with Crippen molar-refractivity contribution in [1.82, 2.24) is 14.6 Å². The summed E-state index contributed by atoms with van der Waals surface area (Å²) >= 11 is 0. The summed E-state index contributed by atoms with van der Waals surface area (Å²) in [6.45, 7) is 6.20. The Balaban J connectivity index is 1.87. The van der Waals surface area contributed by atoms with Gasteiger partial charge in [-0.3, -0.25) is 4.79 Å². The van der Waals surface area contributed by atoms with Gasteiger partial charge in [-0.25, -0.2) is 13.9 Å². The summed E-state index contributed by atoms with van der Waals surface area (Å²) in [4.78, 5) is 16.8. The average Bonchev–Trinajstić information content (AvgIpc) is 2.92. The van der Waals surface area contributed by atoms with Gasteiger partial charge < -0.3 is 5.32 Å². The Kier molecular flexibility index (Phi) is 3.60. The number of amides is 1. The maximum Gasteiger partial charge on any atom is 0.276 e. The monoisotopic (exact) mass is 312 g/mol. The van der Waals surface area contributed by atoms with Crippen LogP contribution in [0.15, 0.2) is 42.6 Å². The van der Waals surface area contributed by atoms with Crippen LogP contribution in [0.25, 0.3) is 5.65 Å². The van der Waals surface area contributed by atoms with Crippen LogP contribution in [0.2, 0.25) is 0 Å². The molecule has 0 saturated heterocycles. The molecule has 3 rings (SSSR count). The van der Waals surface area contributed by atoms with Gasteiger partial charge in [0.05, 0.1) is 11.9 Å². The first kappa shape index (κ1) is 15.1. The fourth-order valence-electron chi connectivity index (χ4n) is 2.09. The van der Waals surface area contributed by atoms with Crippen molar-refractivity contribution in [2.45, 2.75) is 26.2 Å². The van der Waals surface area contributed by atoms with Crippen molar-refractivity contribution >= 4 is 17.2 Å². The van der Waals surface area contributed by atoms with E-state index < -0.39 is 0 Å². The molecule has 5 nitrogen and oxygen atoms in total. The first-order valence-electron chi connectivity index (χ1n) is 7.27. The Labute approximate surface area is 133 Å². The van der Waals surface area contributed by atoms with Crippen LogP contribution < -0.4 is 5.32 Å². The first-order chi connectivity index (χ1) is 10.8. The van der Waals surface area contributed by atoms with Gasteiger partial charge >= 0.3 is 0 Å². The minimum absolute atomic E-state index is 0.0930. The van der Waals surface area contributed by atoms with Crippen molar-refractivity contribution in [3.63, 3.8) is 0 Å². The second-order valence-electron chi connectivity index (χ2n) is 6.36. The van der Waals surface area contributed by atoms with Crippen LogP contribution in [0.5, 0.6) is 0 Å². The van der Waals surface area contributed by atoms with Crippen LogP contribution in [0.1, 0.15) is 37.0 Å². The molecular formula is C17H17FN4O. The fraction of sp³-hybridized carbons (Fsp3) is 0.235. The Morgan fingerprint density at radius 1 is 1.13 bits per heavy atom. The Hall–Kier alpha value is -2.76. The highest BCUT2D eigenvalue weighted by atomic mass is 19.1. The van der Waals surface area contributed by atoms with E-state index in [1.54, 1.807) is 16.6 Å². The van der Waals surface area contributed by atoms with E-state index in [1.807, 2.05) is 6.20 Å². The van der Waals surface area contributed by atoms with Gasteiger partial charge in [0, 0.05) is 11.1 Å². The highest BCUT2D eigenvalue weighted by molar-refractivity contribution is 6.02. The zero-order valence-corrected chi connectivity index (χ0v) is 13.2. The van der Waals surface area contributed by atoms with E-state index in [4.69, 9.17) is 0 Å². The summed E-state index contributed by atoms with van der Waals surface area (Å²) in [5.41, 5.74) is 2.28. The molecule has 0 aliphatic carbocycles. The van der Waals surface area contributed by atoms with Gasteiger partial charge in [0.1, 0.15) is 11.5 Å². The predicted molar refractivity (Wildman–Crippen MR) is 86.0 cm³/mol. The molecule has 0 radical (unpaired) electrons. The lowest BCUT2D eigenvalue weighted by molar-refractivity contribution is 0.102. The second-order valence-corrected chi connectivity index (χ2v) is 6.36. The van der Waals surface area contributed by atoms with Gasteiger partial charge in [0.15, 0.2) is 5.65 Å². The maximum atomic E-state index is 12.9. The summed E-state index contributed by atoms with van der Waals surface area (Å²) in [7, 11) is 0. The minimum atomic E-state index is -0.357. The van der Waals surface area contributed by atoms with Gasteiger partial charge in [-0.1, -0.05) is 20.8 Å². The van der Waals surface area contributed by atoms with Crippen LogP contribution in [-0.4, -0.2) is 20.5 Å². The lowest BCUT2D eigenvalue weighted by Crippen LogP contribution is -2.15. The molecule has 118 valence electrons. The molecule has 3 aromatic rings. The molecule has 0 atom stereocenters. The number of benzene rings is 1. The van der Waals surface area contributed by atoms with Gasteiger partial charge in [-0.05, 0) is 36.4 Å². The van der Waals surface area contributed by atoms with E-state index in [-0.39, 0.29) is 22.8 Å². The van der Waals surface area contributed by atoms with Gasteiger partial charge in [-0.15, -0.1) is 0 Å². The number of carbonyl (C=O) groups is 1. The minimum Gasteiger partial charge on any atom is -0.321 e. The van der Waals surface area contributed by atoms with E-state index in [9.17, 15) is 9.18 Å². The molecule has 2 heterocycles. The van der Waals surface area contributed by atoms with Crippen LogP contribution in [0.3, 0.4) is 0 Å². The molecule has 6 heteroatoms. The molecule has 0 spiro atoms. The molecule has 0 bridgehead atoms. The fourth-order valence-corrected chi connectivity index (χ4v) is 2.09. The van der Waals surface area contributed by atoms with Crippen molar-refractivity contribution in [3.8, 4) is 0 Å². The molecule has 0 fully saturated rings. The standard InChI is InChI=1S/C17H17FN4O/c1-17(2,3)14-10-22-15(20-14)9-8-13(21-22)16(23)19-12-6-4-11(18)5-7-12/h4-10H,1-3H3,(H,19,23). The van der Waals surface area contributed by atoms with Crippen molar-refractivity contribution < 1.29 is 9.18 Å². The number of nitrogens with one attached hydrogen (secondary N) is 1. The van der Waals surface area contributed by atoms with E-state index in [1.165, 1.54) is 24.3 Å². The smallest absolute Gasteiger partial charge is 0.276 e. The van der Waals surface area contributed by atoms with E-state index in [0.717, 1.165) is 5.69 Å². The highest BCUT2D eigenvalue weighted by Crippen LogP contribution is 2.21. The number of imidazole rings is 1. The number of nitrogens with zero attached hydrogens (tertiary/aromatic N) is 3. The Morgan fingerprint density at radius 2 is 1.83 bits per heavy atom. The van der Waals surface area contributed by atoms with E-state index in [2.05, 4.69) is 36.2 Å². The zero-order chi connectivity index (χ0) is 16.6. The molecule has 0 aliphatic rings. The van der Waals surface area contributed by atoms with E-state index in [0.29, 0.717) is 11.3 Å². The van der Waals surface area contributed by atoms with Gasteiger partial charge in [0.2, 0.25) is 0 Å². The number of fused-ring (bicyclic) bond motifs is 1. The number of halogens is 1. The second kappa shape index (κ2) is 5.46. The van der Waals surface area contributed by atoms with Crippen molar-refractivity contribution in [2.75, 3.05) is 5.32 Å². The summed E-state index contributed by atoms with van der Waals surface area (Å²) in [5, 5.41) is 6.98. The molecule has 1 N–H and O–H groups in total. The van der Waals surface area contributed by atoms with Crippen molar-refractivity contribution in [1.29, 1.82) is 0 Å². The largest absolute Gasteiger partial charge is 0.321 e. The zero-order valence-electron chi connectivity index (χ0n) is 13.2. The number of carbonyl (C=O) groups excluding carboxylic acids is 1. The van der Waals surface area contributed by atoms with Crippen LogP contribution in [0, 0.1) is 5.82 Å². The van der Waals surface area contributed by atoms with Crippen molar-refractivity contribution in [2.24, 2.45) is 0 Å². The molecular weight excluding hydrogens is 295 g/mol. The summed E-state index contributed by atoms with van der Waals surface area (Å²) in [6, 6.07) is 8.95. The van der Waals surface area contributed by atoms with E-state index >= 15 is 0 Å².